The van der Waals surface area contributed by atoms with E-state index in [4.69, 9.17) is 9.84 Å². The zero-order chi connectivity index (χ0) is 34.2. The molecule has 11 heteroatoms. The number of carbonyl (C=O) groups is 2. The molecule has 4 rings (SSSR count). The molecule has 5 N–H and O–H groups in total. The fourth-order valence-electron chi connectivity index (χ4n) is 5.89. The monoisotopic (exact) mass is 666 g/mol. The number of fused-ring (bicyclic) bond motifs is 1. The molecule has 0 aromatic heterocycles. The Hall–Kier alpha value is -3.77. The molecule has 0 spiro atoms. The van der Waals surface area contributed by atoms with Crippen molar-refractivity contribution in [2.75, 3.05) is 12.4 Å². The van der Waals surface area contributed by atoms with Crippen LogP contribution in [0.25, 0.3) is 0 Å². The van der Waals surface area contributed by atoms with Gasteiger partial charge in [-0.1, -0.05) is 78.9 Å². The fourth-order valence-corrected chi connectivity index (χ4v) is 7.01. The summed E-state index contributed by atoms with van der Waals surface area (Å²) < 4.78 is 29.9. The second-order valence-electron chi connectivity index (χ2n) is 13.2. The number of rotatable bonds is 14. The molecule has 0 unspecified atom stereocenters. The Morgan fingerprint density at radius 1 is 0.915 bits per heavy atom. The molecule has 1 aliphatic carbocycles. The van der Waals surface area contributed by atoms with E-state index in [1.807, 2.05) is 54.6 Å². The van der Waals surface area contributed by atoms with E-state index in [0.717, 1.165) is 22.3 Å². The van der Waals surface area contributed by atoms with E-state index in [1.54, 1.807) is 45.0 Å². The van der Waals surface area contributed by atoms with Crippen LogP contribution >= 0.6 is 0 Å². The van der Waals surface area contributed by atoms with Crippen LogP contribution in [0.5, 0.6) is 0 Å². The topological polar surface area (TPSA) is 162 Å². The molecule has 5 atom stereocenters. The molecule has 0 saturated heterocycles. The summed E-state index contributed by atoms with van der Waals surface area (Å²) in [4.78, 5) is 26.8. The Bertz CT molecular complexity index is 1590. The number of hydrogen-bond donors (Lipinski definition) is 5. The first-order valence-corrected chi connectivity index (χ1v) is 17.7. The van der Waals surface area contributed by atoms with Crippen LogP contribution in [0, 0.1) is 5.92 Å². The van der Waals surface area contributed by atoms with Crippen LogP contribution in [0.2, 0.25) is 0 Å². The molecule has 3 aromatic rings. The number of aliphatic hydroxyl groups is 3. The van der Waals surface area contributed by atoms with Crippen LogP contribution in [-0.2, 0) is 44.4 Å². The van der Waals surface area contributed by atoms with Crippen molar-refractivity contribution in [3.05, 3.63) is 107 Å². The average molecular weight is 667 g/mol. The first kappa shape index (κ1) is 36.1. The van der Waals surface area contributed by atoms with Gasteiger partial charge in [0.25, 0.3) is 0 Å². The number of ether oxygens (including phenoxy) is 1. The minimum Gasteiger partial charge on any atom is -0.444 e. The van der Waals surface area contributed by atoms with E-state index in [2.05, 4.69) is 10.6 Å². The Balaban J connectivity index is 1.58. The highest BCUT2D eigenvalue weighted by atomic mass is 32.2. The maximum Gasteiger partial charge on any atom is 0.407 e. The van der Waals surface area contributed by atoms with Gasteiger partial charge >= 0.3 is 6.09 Å². The number of aliphatic hydroxyl groups excluding tert-OH is 3. The third-order valence-corrected chi connectivity index (χ3v) is 9.74. The molecular weight excluding hydrogens is 620 g/mol. The second kappa shape index (κ2) is 15.9. The van der Waals surface area contributed by atoms with Crippen molar-refractivity contribution in [2.45, 2.75) is 82.1 Å². The van der Waals surface area contributed by atoms with Gasteiger partial charge in [-0.3, -0.25) is 4.79 Å². The molecule has 1 aliphatic rings. The van der Waals surface area contributed by atoms with E-state index in [1.165, 1.54) is 0 Å². The third-order valence-electron chi connectivity index (χ3n) is 8.16. The summed E-state index contributed by atoms with van der Waals surface area (Å²) >= 11 is 0. The Kier molecular flexibility index (Phi) is 12.2. The predicted octanol–water partition coefficient (Wildman–Crippen LogP) is 3.41. The molecule has 0 saturated carbocycles. The maximum absolute atomic E-state index is 14.0. The summed E-state index contributed by atoms with van der Waals surface area (Å²) in [5.74, 6) is -1.68. The minimum atomic E-state index is -3.47. The third kappa shape index (κ3) is 10.9. The molecule has 10 nitrogen and oxygen atoms in total. The first-order valence-electron chi connectivity index (χ1n) is 15.9. The fraction of sp³-hybridized carbons (Fsp3) is 0.444. The standard InChI is InChI=1S/C36H46N2O8S/c1-36(2,3)46-35(43)37-30(20-24-9-5-4-6-10-24)31(40)22-28(19-25-13-15-26(16-14-25)23-47(44,45)18-17-39)34(42)38-33-29-12-8-7-11-27(29)21-32(33)41/h4-16,28,30-33,39-41H,17-23H2,1-3H3,(H,37,43)(H,38,42)/t28-,30+,31+,32-,33+/m1/s1. The van der Waals surface area contributed by atoms with Gasteiger partial charge in [0.2, 0.25) is 5.91 Å². The lowest BCUT2D eigenvalue weighted by Gasteiger charge is -2.30. The van der Waals surface area contributed by atoms with Gasteiger partial charge in [0, 0.05) is 12.3 Å². The van der Waals surface area contributed by atoms with Crippen molar-refractivity contribution >= 4 is 21.8 Å². The maximum atomic E-state index is 14.0. The summed E-state index contributed by atoms with van der Waals surface area (Å²) in [6, 6.07) is 22.4. The molecule has 3 aromatic carbocycles. The lowest BCUT2D eigenvalue weighted by atomic mass is 9.88. The molecule has 47 heavy (non-hydrogen) atoms. The highest BCUT2D eigenvalue weighted by Crippen LogP contribution is 2.32. The summed E-state index contributed by atoms with van der Waals surface area (Å²) in [7, 11) is -3.47. The molecule has 0 bridgehead atoms. The van der Waals surface area contributed by atoms with Crippen molar-refractivity contribution in [1.82, 2.24) is 10.6 Å². The number of alkyl carbamates (subject to hydrolysis) is 1. The van der Waals surface area contributed by atoms with Crippen LogP contribution in [0.4, 0.5) is 4.79 Å². The van der Waals surface area contributed by atoms with Gasteiger partial charge < -0.3 is 30.7 Å². The molecule has 0 fully saturated rings. The molecule has 0 radical (unpaired) electrons. The average Bonchev–Trinajstić information content (AvgIpc) is 3.31. The van der Waals surface area contributed by atoms with E-state index in [-0.39, 0.29) is 30.3 Å². The Labute approximate surface area is 277 Å². The summed E-state index contributed by atoms with van der Waals surface area (Å²) in [6.45, 7) is 4.79. The van der Waals surface area contributed by atoms with Gasteiger partial charge in [0.1, 0.15) is 5.60 Å². The second-order valence-corrected chi connectivity index (χ2v) is 15.4. The van der Waals surface area contributed by atoms with E-state index < -0.39 is 58.3 Å². The largest absolute Gasteiger partial charge is 0.444 e. The molecule has 2 amide bonds. The van der Waals surface area contributed by atoms with Crippen molar-refractivity contribution < 1.29 is 38.1 Å². The number of nitrogens with one attached hydrogen (secondary N) is 2. The quantitative estimate of drug-likeness (QED) is 0.175. The van der Waals surface area contributed by atoms with Crippen LogP contribution < -0.4 is 10.6 Å². The molecule has 0 heterocycles. The SMILES string of the molecule is CC(C)(C)OC(=O)N[C@@H](Cc1ccccc1)[C@@H](O)C[C@@H](Cc1ccc(CS(=O)(=O)CCO)cc1)C(=O)N[C@H]1c2ccccc2C[C@H]1O. The predicted molar refractivity (Wildman–Crippen MR) is 179 cm³/mol. The van der Waals surface area contributed by atoms with E-state index in [9.17, 15) is 28.2 Å². The van der Waals surface area contributed by atoms with Crippen LogP contribution in [-0.4, -0.2) is 71.9 Å². The highest BCUT2D eigenvalue weighted by molar-refractivity contribution is 7.90. The molecule has 254 valence electrons. The number of benzene rings is 3. The van der Waals surface area contributed by atoms with Gasteiger partial charge in [-0.15, -0.1) is 0 Å². The smallest absolute Gasteiger partial charge is 0.407 e. The minimum absolute atomic E-state index is 0.0176. The lowest BCUT2D eigenvalue weighted by molar-refractivity contribution is -0.127. The number of hydrogen-bond acceptors (Lipinski definition) is 8. The van der Waals surface area contributed by atoms with Crippen LogP contribution in [0.15, 0.2) is 78.9 Å². The van der Waals surface area contributed by atoms with Crippen LogP contribution in [0.1, 0.15) is 61.1 Å². The van der Waals surface area contributed by atoms with Gasteiger partial charge in [-0.25, -0.2) is 13.2 Å². The number of amides is 2. The van der Waals surface area contributed by atoms with E-state index >= 15 is 0 Å². The zero-order valence-corrected chi connectivity index (χ0v) is 27.9. The summed E-state index contributed by atoms with van der Waals surface area (Å²) in [6.07, 6.45) is -1.74. The molecule has 0 aliphatic heterocycles. The van der Waals surface area contributed by atoms with E-state index in [0.29, 0.717) is 18.4 Å². The van der Waals surface area contributed by atoms with Gasteiger partial charge in [-0.2, -0.15) is 0 Å². The molecular formula is C36H46N2O8S. The van der Waals surface area contributed by atoms with Crippen LogP contribution in [0.3, 0.4) is 0 Å². The number of carbonyl (C=O) groups excluding carboxylic acids is 2. The van der Waals surface area contributed by atoms with Crippen molar-refractivity contribution in [1.29, 1.82) is 0 Å². The normalized spacial score (nSPS) is 18.1. The van der Waals surface area contributed by atoms with Gasteiger partial charge in [-0.05, 0) is 67.9 Å². The summed E-state index contributed by atoms with van der Waals surface area (Å²) in [5.41, 5.74) is 3.22. The first-order chi connectivity index (χ1) is 22.2. The summed E-state index contributed by atoms with van der Waals surface area (Å²) in [5, 5.41) is 37.3. The Morgan fingerprint density at radius 3 is 2.19 bits per heavy atom. The van der Waals surface area contributed by atoms with Crippen molar-refractivity contribution in [2.24, 2.45) is 5.92 Å². The zero-order valence-electron chi connectivity index (χ0n) is 27.1. The Morgan fingerprint density at radius 2 is 1.53 bits per heavy atom. The van der Waals surface area contributed by atoms with Gasteiger partial charge in [0.15, 0.2) is 9.84 Å². The number of sulfone groups is 1. The lowest BCUT2D eigenvalue weighted by Crippen LogP contribution is -2.48. The highest BCUT2D eigenvalue weighted by Gasteiger charge is 2.35. The van der Waals surface area contributed by atoms with Gasteiger partial charge in [0.05, 0.1) is 42.4 Å². The van der Waals surface area contributed by atoms with Crippen molar-refractivity contribution in [3.8, 4) is 0 Å². The van der Waals surface area contributed by atoms with Crippen molar-refractivity contribution in [3.63, 3.8) is 0 Å².